The molecule has 1 aliphatic carbocycles. The molecule has 8 heteroatoms. The minimum Gasteiger partial charge on any atom is -0.465 e. The van der Waals surface area contributed by atoms with Crippen LogP contribution in [0.2, 0.25) is 0 Å². The smallest absolute Gasteiger partial charge is 0.341 e. The number of thiophene rings is 1. The van der Waals surface area contributed by atoms with Crippen molar-refractivity contribution in [1.29, 1.82) is 0 Å². The molecule has 3 rings (SSSR count). The summed E-state index contributed by atoms with van der Waals surface area (Å²) in [5.74, 6) is -0.795. The highest BCUT2D eigenvalue weighted by Crippen LogP contribution is 2.38. The number of benzene rings is 1. The molecular weight excluding hydrogens is 427 g/mol. The number of ether oxygens (including phenoxy) is 1. The minimum atomic E-state index is -0.419. The number of hydrogen-bond acceptors (Lipinski definition) is 4. The zero-order valence-electron chi connectivity index (χ0n) is 13.4. The van der Waals surface area contributed by atoms with Crippen molar-refractivity contribution in [2.75, 3.05) is 17.7 Å². The first kappa shape index (κ1) is 18.3. The molecule has 0 aliphatic heterocycles. The molecule has 0 saturated heterocycles. The largest absolute Gasteiger partial charge is 0.465 e. The van der Waals surface area contributed by atoms with E-state index < -0.39 is 5.82 Å². The first-order valence-electron chi connectivity index (χ1n) is 7.75. The highest BCUT2D eigenvalue weighted by atomic mass is 79.9. The molecule has 0 fully saturated rings. The zero-order valence-corrected chi connectivity index (χ0v) is 16.7. The molecule has 0 atom stereocenters. The van der Waals surface area contributed by atoms with Crippen molar-refractivity contribution in [3.63, 3.8) is 0 Å². The highest BCUT2D eigenvalue weighted by Gasteiger charge is 2.26. The van der Waals surface area contributed by atoms with Gasteiger partial charge in [-0.1, -0.05) is 15.9 Å². The first-order chi connectivity index (χ1) is 12.0. The molecule has 2 aromatic rings. The minimum absolute atomic E-state index is 0.227. The molecule has 0 radical (unpaired) electrons. The third kappa shape index (κ3) is 4.02. The number of methoxy groups -OCH3 is 1. The van der Waals surface area contributed by atoms with Crippen molar-refractivity contribution in [2.24, 2.45) is 0 Å². The lowest BCUT2D eigenvalue weighted by Gasteiger charge is -2.13. The summed E-state index contributed by atoms with van der Waals surface area (Å²) in [6.07, 6.45) is 3.98. The van der Waals surface area contributed by atoms with Gasteiger partial charge >= 0.3 is 5.97 Å². The Balaban J connectivity index is 1.83. The van der Waals surface area contributed by atoms with Gasteiger partial charge in [0.15, 0.2) is 5.11 Å². The average molecular weight is 443 g/mol. The van der Waals surface area contributed by atoms with E-state index in [0.717, 1.165) is 31.2 Å². The van der Waals surface area contributed by atoms with Crippen molar-refractivity contribution in [1.82, 2.24) is 0 Å². The summed E-state index contributed by atoms with van der Waals surface area (Å²) < 4.78 is 19.5. The highest BCUT2D eigenvalue weighted by molar-refractivity contribution is 9.10. The van der Waals surface area contributed by atoms with Gasteiger partial charge in [0, 0.05) is 9.35 Å². The topological polar surface area (TPSA) is 50.4 Å². The number of aryl methyl sites for hydroxylation is 1. The fraction of sp³-hybridized carbons (Fsp3) is 0.294. The van der Waals surface area contributed by atoms with E-state index in [1.54, 1.807) is 12.1 Å². The number of hydrogen-bond donors (Lipinski definition) is 2. The Morgan fingerprint density at radius 1 is 1.32 bits per heavy atom. The van der Waals surface area contributed by atoms with Crippen LogP contribution < -0.4 is 10.6 Å². The van der Waals surface area contributed by atoms with E-state index in [2.05, 4.69) is 26.6 Å². The van der Waals surface area contributed by atoms with Gasteiger partial charge in [0.2, 0.25) is 0 Å². The number of thiocarbonyl (C=S) groups is 1. The van der Waals surface area contributed by atoms with Gasteiger partial charge in [0.1, 0.15) is 10.8 Å². The SMILES string of the molecule is COC(=O)c1c(NC(=S)Nc2ccc(Br)cc2F)sc2c1CCCC2. The molecular formula is C17H16BrFN2O2S2. The number of rotatable bonds is 3. The Hall–Kier alpha value is -1.51. The molecule has 25 heavy (non-hydrogen) atoms. The number of halogens is 2. The fourth-order valence-electron chi connectivity index (χ4n) is 2.82. The van der Waals surface area contributed by atoms with Gasteiger partial charge in [0.25, 0.3) is 0 Å². The summed E-state index contributed by atoms with van der Waals surface area (Å²) in [6, 6.07) is 4.67. The van der Waals surface area contributed by atoms with Gasteiger partial charge in [0.05, 0.1) is 18.4 Å². The van der Waals surface area contributed by atoms with Crippen molar-refractivity contribution < 1.29 is 13.9 Å². The quantitative estimate of drug-likeness (QED) is 0.509. The van der Waals surface area contributed by atoms with Gasteiger partial charge in [-0.3, -0.25) is 0 Å². The summed E-state index contributed by atoms with van der Waals surface area (Å²) in [6.45, 7) is 0. The summed E-state index contributed by atoms with van der Waals surface area (Å²) in [5.41, 5.74) is 1.85. The maximum Gasteiger partial charge on any atom is 0.341 e. The van der Waals surface area contributed by atoms with Gasteiger partial charge in [-0.05, 0) is 61.7 Å². The van der Waals surface area contributed by atoms with Crippen molar-refractivity contribution in [3.05, 3.63) is 44.5 Å². The molecule has 0 spiro atoms. The first-order valence-corrected chi connectivity index (χ1v) is 9.77. The Kier molecular flexibility index (Phi) is 5.71. The van der Waals surface area contributed by atoms with Gasteiger partial charge < -0.3 is 15.4 Å². The van der Waals surface area contributed by atoms with Crippen LogP contribution in [0.25, 0.3) is 0 Å². The molecule has 132 valence electrons. The van der Waals surface area contributed by atoms with Crippen LogP contribution in [0.3, 0.4) is 0 Å². The van der Waals surface area contributed by atoms with E-state index in [4.69, 9.17) is 17.0 Å². The molecule has 0 unspecified atom stereocenters. The second-order valence-electron chi connectivity index (χ2n) is 5.61. The fourth-order valence-corrected chi connectivity index (χ4v) is 4.71. The third-order valence-electron chi connectivity index (χ3n) is 3.97. The van der Waals surface area contributed by atoms with Crippen LogP contribution in [0, 0.1) is 5.82 Å². The van der Waals surface area contributed by atoms with Crippen LogP contribution >= 0.6 is 39.5 Å². The molecule has 1 aromatic heterocycles. The van der Waals surface area contributed by atoms with Crippen LogP contribution in [-0.4, -0.2) is 18.2 Å². The standard InChI is InChI=1S/C17H16BrFN2O2S2/c1-23-16(22)14-10-4-2-3-5-13(10)25-15(14)21-17(24)20-12-7-6-9(18)8-11(12)19/h6-8H,2-5H2,1H3,(H2,20,21,24). The maximum atomic E-state index is 13.9. The summed E-state index contributed by atoms with van der Waals surface area (Å²) in [7, 11) is 1.37. The van der Waals surface area contributed by atoms with Crippen molar-refractivity contribution >= 4 is 61.3 Å². The van der Waals surface area contributed by atoms with Crippen molar-refractivity contribution in [3.8, 4) is 0 Å². The molecule has 0 saturated carbocycles. The van der Waals surface area contributed by atoms with E-state index in [1.165, 1.54) is 29.4 Å². The summed E-state index contributed by atoms with van der Waals surface area (Å²) in [4.78, 5) is 13.4. The van der Waals surface area contributed by atoms with Crippen LogP contribution in [-0.2, 0) is 17.6 Å². The molecule has 2 N–H and O–H groups in total. The molecule has 1 aliphatic rings. The molecule has 1 aromatic carbocycles. The lowest BCUT2D eigenvalue weighted by atomic mass is 9.95. The lowest BCUT2D eigenvalue weighted by molar-refractivity contribution is 0.0601. The molecule has 0 bridgehead atoms. The van der Waals surface area contributed by atoms with E-state index in [-0.39, 0.29) is 16.8 Å². The second kappa shape index (κ2) is 7.80. The number of esters is 1. The zero-order chi connectivity index (χ0) is 18.0. The van der Waals surface area contributed by atoms with E-state index in [9.17, 15) is 9.18 Å². The van der Waals surface area contributed by atoms with E-state index in [1.807, 2.05) is 0 Å². The number of fused-ring (bicyclic) bond motifs is 1. The summed E-state index contributed by atoms with van der Waals surface area (Å²) in [5, 5.41) is 6.74. The number of anilines is 2. The summed E-state index contributed by atoms with van der Waals surface area (Å²) >= 11 is 10.0. The molecule has 0 amide bonds. The second-order valence-corrected chi connectivity index (χ2v) is 8.04. The monoisotopic (exact) mass is 442 g/mol. The number of carbonyl (C=O) groups is 1. The predicted molar refractivity (Wildman–Crippen MR) is 106 cm³/mol. The van der Waals surface area contributed by atoms with Crippen LogP contribution in [0.5, 0.6) is 0 Å². The Morgan fingerprint density at radius 3 is 2.80 bits per heavy atom. The maximum absolute atomic E-state index is 13.9. The Morgan fingerprint density at radius 2 is 2.08 bits per heavy atom. The van der Waals surface area contributed by atoms with E-state index >= 15 is 0 Å². The predicted octanol–water partition coefficient (Wildman–Crippen LogP) is 5.12. The van der Waals surface area contributed by atoms with Crippen LogP contribution in [0.15, 0.2) is 22.7 Å². The third-order valence-corrected chi connectivity index (χ3v) is 5.87. The van der Waals surface area contributed by atoms with Crippen LogP contribution in [0.1, 0.15) is 33.6 Å². The molecule has 1 heterocycles. The lowest BCUT2D eigenvalue weighted by Crippen LogP contribution is -2.21. The van der Waals surface area contributed by atoms with Crippen LogP contribution in [0.4, 0.5) is 15.1 Å². The average Bonchev–Trinajstić information content (AvgIpc) is 2.94. The van der Waals surface area contributed by atoms with Gasteiger partial charge in [-0.2, -0.15) is 0 Å². The Labute approximate surface area is 162 Å². The number of nitrogens with one attached hydrogen (secondary N) is 2. The van der Waals surface area contributed by atoms with E-state index in [0.29, 0.717) is 15.0 Å². The van der Waals surface area contributed by atoms with Gasteiger partial charge in [-0.15, -0.1) is 11.3 Å². The Bertz CT molecular complexity index is 838. The number of carbonyl (C=O) groups excluding carboxylic acids is 1. The normalized spacial score (nSPS) is 13.1. The molecule has 4 nitrogen and oxygen atoms in total. The van der Waals surface area contributed by atoms with Gasteiger partial charge in [-0.25, -0.2) is 9.18 Å². The van der Waals surface area contributed by atoms with Crippen molar-refractivity contribution in [2.45, 2.75) is 25.7 Å².